The van der Waals surface area contributed by atoms with Gasteiger partial charge in [0, 0.05) is 6.21 Å². The second kappa shape index (κ2) is 6.04. The quantitative estimate of drug-likeness (QED) is 0.609. The van der Waals surface area contributed by atoms with Crippen molar-refractivity contribution in [3.05, 3.63) is 0 Å². The van der Waals surface area contributed by atoms with E-state index in [9.17, 15) is 9.90 Å². The fourth-order valence-corrected chi connectivity index (χ4v) is 3.38. The van der Waals surface area contributed by atoms with Gasteiger partial charge in [0.1, 0.15) is 5.60 Å². The summed E-state index contributed by atoms with van der Waals surface area (Å²) in [5.41, 5.74) is 1.06. The number of rotatable bonds is 3. The zero-order valence-electron chi connectivity index (χ0n) is 12.1. The molecule has 4 heteroatoms. The molecule has 2 aliphatic carbocycles. The molecule has 4 nitrogen and oxygen atoms in total. The highest BCUT2D eigenvalue weighted by atomic mass is 16.3. The maximum atomic E-state index is 11.5. The Kier molecular flexibility index (Phi) is 4.61. The molecular weight excluding hydrogens is 240 g/mol. The molecule has 2 saturated carbocycles. The Morgan fingerprint density at radius 2 is 1.89 bits per heavy atom. The summed E-state index contributed by atoms with van der Waals surface area (Å²) in [6.07, 6.45) is 11.1. The van der Waals surface area contributed by atoms with Gasteiger partial charge in [-0.1, -0.05) is 25.7 Å². The van der Waals surface area contributed by atoms with Crippen LogP contribution in [0.1, 0.15) is 58.8 Å². The molecule has 0 radical (unpaired) electrons. The maximum absolute atomic E-state index is 11.5. The first-order chi connectivity index (χ1) is 8.97. The minimum absolute atomic E-state index is 0.449. The van der Waals surface area contributed by atoms with Crippen LogP contribution in [-0.4, -0.2) is 22.8 Å². The Bertz CT molecular complexity index is 347. The highest BCUT2D eigenvalue weighted by molar-refractivity contribution is 5.84. The number of nitrogens with zero attached hydrogens (tertiary/aromatic N) is 1. The zero-order valence-corrected chi connectivity index (χ0v) is 12.1. The molecule has 3 unspecified atom stereocenters. The molecule has 0 aliphatic heterocycles. The molecule has 2 aliphatic rings. The van der Waals surface area contributed by atoms with Crippen LogP contribution in [0, 0.1) is 17.8 Å². The summed E-state index contributed by atoms with van der Waals surface area (Å²) in [5, 5.41) is 13.5. The van der Waals surface area contributed by atoms with E-state index in [-0.39, 0.29) is 0 Å². The number of aliphatic hydroxyl groups is 1. The van der Waals surface area contributed by atoms with Crippen molar-refractivity contribution in [1.82, 2.24) is 5.43 Å². The van der Waals surface area contributed by atoms with E-state index in [1.54, 1.807) is 0 Å². The average Bonchev–Trinajstić information content (AvgIpc) is 2.37. The number of carbonyl (C=O) groups is 1. The third kappa shape index (κ3) is 4.03. The fraction of sp³-hybridized carbons (Fsp3) is 0.867. The Labute approximate surface area is 115 Å². The van der Waals surface area contributed by atoms with Crippen molar-refractivity contribution < 1.29 is 9.90 Å². The van der Waals surface area contributed by atoms with E-state index in [1.165, 1.54) is 58.8 Å². The summed E-state index contributed by atoms with van der Waals surface area (Å²) in [6, 6.07) is 0. The van der Waals surface area contributed by atoms with Gasteiger partial charge in [0.2, 0.25) is 0 Å². The van der Waals surface area contributed by atoms with Crippen LogP contribution < -0.4 is 5.43 Å². The second-order valence-electron chi connectivity index (χ2n) is 6.66. The van der Waals surface area contributed by atoms with Crippen molar-refractivity contribution in [3.63, 3.8) is 0 Å². The molecule has 0 aromatic heterocycles. The number of carbonyl (C=O) groups excluding carboxylic acids is 1. The van der Waals surface area contributed by atoms with E-state index in [0.29, 0.717) is 5.92 Å². The normalized spacial score (nSPS) is 32.1. The number of hydrogen-bond acceptors (Lipinski definition) is 3. The molecule has 1 amide bonds. The number of hydrazone groups is 1. The SMILES string of the molecule is CC(C)(O)C(=O)N/N=C/C1CCC2CCCCC2C1. The first-order valence-corrected chi connectivity index (χ1v) is 7.53. The van der Waals surface area contributed by atoms with Crippen LogP contribution in [0.25, 0.3) is 0 Å². The van der Waals surface area contributed by atoms with Crippen molar-refractivity contribution in [1.29, 1.82) is 0 Å². The van der Waals surface area contributed by atoms with E-state index in [2.05, 4.69) is 10.5 Å². The van der Waals surface area contributed by atoms with Gasteiger partial charge in [-0.05, 0) is 50.9 Å². The maximum Gasteiger partial charge on any atom is 0.271 e. The Morgan fingerprint density at radius 1 is 1.21 bits per heavy atom. The first-order valence-electron chi connectivity index (χ1n) is 7.53. The Morgan fingerprint density at radius 3 is 2.58 bits per heavy atom. The summed E-state index contributed by atoms with van der Waals surface area (Å²) in [6.45, 7) is 2.93. The lowest BCUT2D eigenvalue weighted by molar-refractivity contribution is -0.136. The van der Waals surface area contributed by atoms with Crippen LogP contribution in [0.4, 0.5) is 0 Å². The van der Waals surface area contributed by atoms with Gasteiger partial charge in [-0.25, -0.2) is 5.43 Å². The predicted octanol–water partition coefficient (Wildman–Crippen LogP) is 2.47. The molecule has 2 rings (SSSR count). The molecule has 0 bridgehead atoms. The van der Waals surface area contributed by atoms with E-state index < -0.39 is 11.5 Å². The fourth-order valence-electron chi connectivity index (χ4n) is 3.38. The lowest BCUT2D eigenvalue weighted by Gasteiger charge is -2.38. The predicted molar refractivity (Wildman–Crippen MR) is 75.7 cm³/mol. The van der Waals surface area contributed by atoms with Gasteiger partial charge in [0.25, 0.3) is 5.91 Å². The van der Waals surface area contributed by atoms with Gasteiger partial charge in [-0.2, -0.15) is 5.10 Å². The molecule has 0 aromatic rings. The summed E-state index contributed by atoms with van der Waals surface area (Å²) in [4.78, 5) is 11.5. The van der Waals surface area contributed by atoms with Gasteiger partial charge in [0.15, 0.2) is 0 Å². The van der Waals surface area contributed by atoms with Crippen molar-refractivity contribution in [2.75, 3.05) is 0 Å². The number of fused-ring (bicyclic) bond motifs is 1. The molecule has 0 aromatic carbocycles. The highest BCUT2D eigenvalue weighted by Gasteiger charge is 2.31. The molecule has 108 valence electrons. The third-order valence-electron chi connectivity index (χ3n) is 4.59. The number of hydrogen-bond donors (Lipinski definition) is 2. The van der Waals surface area contributed by atoms with Crippen LogP contribution in [0.15, 0.2) is 5.10 Å². The molecule has 0 heterocycles. The summed E-state index contributed by atoms with van der Waals surface area (Å²) < 4.78 is 0. The molecule has 19 heavy (non-hydrogen) atoms. The molecule has 2 N–H and O–H groups in total. The van der Waals surface area contributed by atoms with E-state index >= 15 is 0 Å². The Balaban J connectivity index is 1.79. The lowest BCUT2D eigenvalue weighted by atomic mass is 9.68. The Hall–Kier alpha value is -0.900. The minimum atomic E-state index is -1.36. The molecular formula is C15H26N2O2. The molecule has 0 spiro atoms. The summed E-state index contributed by atoms with van der Waals surface area (Å²) >= 11 is 0. The zero-order chi connectivity index (χ0) is 13.9. The van der Waals surface area contributed by atoms with Gasteiger partial charge in [-0.3, -0.25) is 4.79 Å². The van der Waals surface area contributed by atoms with Crippen LogP contribution in [0.5, 0.6) is 0 Å². The van der Waals surface area contributed by atoms with Gasteiger partial charge < -0.3 is 5.11 Å². The number of amides is 1. The lowest BCUT2D eigenvalue weighted by Crippen LogP contribution is -2.39. The highest BCUT2D eigenvalue weighted by Crippen LogP contribution is 2.42. The van der Waals surface area contributed by atoms with Crippen molar-refractivity contribution in [3.8, 4) is 0 Å². The second-order valence-corrected chi connectivity index (χ2v) is 6.66. The monoisotopic (exact) mass is 266 g/mol. The van der Waals surface area contributed by atoms with Gasteiger partial charge >= 0.3 is 0 Å². The van der Waals surface area contributed by atoms with Crippen molar-refractivity contribution >= 4 is 12.1 Å². The topological polar surface area (TPSA) is 61.7 Å². The average molecular weight is 266 g/mol. The third-order valence-corrected chi connectivity index (χ3v) is 4.59. The molecule has 2 fully saturated rings. The van der Waals surface area contributed by atoms with E-state index in [4.69, 9.17) is 0 Å². The first kappa shape index (κ1) is 14.5. The summed E-state index contributed by atoms with van der Waals surface area (Å²) in [5.74, 6) is 1.84. The van der Waals surface area contributed by atoms with E-state index in [0.717, 1.165) is 11.8 Å². The summed E-state index contributed by atoms with van der Waals surface area (Å²) in [7, 11) is 0. The van der Waals surface area contributed by atoms with Crippen LogP contribution in [0.3, 0.4) is 0 Å². The van der Waals surface area contributed by atoms with Crippen LogP contribution in [-0.2, 0) is 4.79 Å². The minimum Gasteiger partial charge on any atom is -0.381 e. The van der Waals surface area contributed by atoms with Crippen LogP contribution in [0.2, 0.25) is 0 Å². The standard InChI is InChI=1S/C15H26N2O2/c1-15(2,19)14(18)17-16-10-11-7-8-12-5-3-4-6-13(12)9-11/h10-13,19H,3-9H2,1-2H3,(H,17,18)/b16-10+. The van der Waals surface area contributed by atoms with Gasteiger partial charge in [-0.15, -0.1) is 0 Å². The van der Waals surface area contributed by atoms with Crippen molar-refractivity contribution in [2.45, 2.75) is 64.4 Å². The smallest absolute Gasteiger partial charge is 0.271 e. The number of nitrogens with one attached hydrogen (secondary N) is 1. The van der Waals surface area contributed by atoms with Crippen molar-refractivity contribution in [2.24, 2.45) is 22.9 Å². The van der Waals surface area contributed by atoms with Gasteiger partial charge in [0.05, 0.1) is 0 Å². The van der Waals surface area contributed by atoms with Crippen LogP contribution >= 0.6 is 0 Å². The van der Waals surface area contributed by atoms with E-state index in [1.807, 2.05) is 6.21 Å². The molecule has 3 atom stereocenters. The molecule has 0 saturated heterocycles. The largest absolute Gasteiger partial charge is 0.381 e.